The molecule has 0 heterocycles. The number of hydrogen-bond acceptors (Lipinski definition) is 3. The van der Waals surface area contributed by atoms with Gasteiger partial charge in [-0.2, -0.15) is 0 Å². The van der Waals surface area contributed by atoms with E-state index >= 15 is 0 Å². The quantitative estimate of drug-likeness (QED) is 0.791. The maximum absolute atomic E-state index is 12.6. The van der Waals surface area contributed by atoms with Gasteiger partial charge >= 0.3 is 0 Å². The number of benzene rings is 2. The largest absolute Gasteiger partial charge is 0.489 e. The van der Waals surface area contributed by atoms with E-state index in [-0.39, 0.29) is 24.2 Å². The highest BCUT2D eigenvalue weighted by atomic mass is 35.5. The monoisotopic (exact) mass is 374 g/mol. The van der Waals surface area contributed by atoms with Crippen LogP contribution in [0.25, 0.3) is 0 Å². The van der Waals surface area contributed by atoms with Gasteiger partial charge in [-0.25, -0.2) is 0 Å². The summed E-state index contributed by atoms with van der Waals surface area (Å²) >= 11 is 0. The normalized spacial score (nSPS) is 18.8. The molecule has 1 aliphatic carbocycles. The van der Waals surface area contributed by atoms with E-state index in [4.69, 9.17) is 10.5 Å². The highest BCUT2D eigenvalue weighted by molar-refractivity contribution is 5.93. The number of ether oxygens (including phenoxy) is 1. The summed E-state index contributed by atoms with van der Waals surface area (Å²) in [6.07, 6.45) is 3.08. The van der Waals surface area contributed by atoms with Gasteiger partial charge in [0.1, 0.15) is 12.4 Å². The van der Waals surface area contributed by atoms with Crippen molar-refractivity contribution >= 4 is 24.0 Å². The highest BCUT2D eigenvalue weighted by Gasteiger charge is 2.32. The number of hydrogen-bond donors (Lipinski definition) is 2. The van der Waals surface area contributed by atoms with Crippen LogP contribution in [0.3, 0.4) is 0 Å². The van der Waals surface area contributed by atoms with Crippen LogP contribution in [0.2, 0.25) is 0 Å². The second kappa shape index (κ2) is 9.60. The fourth-order valence-corrected chi connectivity index (χ4v) is 3.54. The Morgan fingerprint density at radius 3 is 2.65 bits per heavy atom. The standard InChI is InChI=1S/C21H26N2O2.ClH/c1-15-17(14-25-18-9-3-2-4-10-18)8-6-12-20(15)23-21(24)19-11-5-7-16(19)13-22;/h2-4,6,8-10,12,16,19H,5,7,11,13-14,22H2,1H3,(H,23,24);1H/t16-,19-;/m1./s1. The average molecular weight is 375 g/mol. The molecular formula is C21H27ClN2O2. The van der Waals surface area contributed by atoms with Crippen molar-refractivity contribution in [3.63, 3.8) is 0 Å². The molecule has 1 amide bonds. The van der Waals surface area contributed by atoms with Crippen molar-refractivity contribution in [2.45, 2.75) is 32.8 Å². The van der Waals surface area contributed by atoms with Gasteiger partial charge in [0.15, 0.2) is 0 Å². The highest BCUT2D eigenvalue weighted by Crippen LogP contribution is 2.32. The Labute approximate surface area is 161 Å². The molecule has 5 heteroatoms. The number of nitrogens with one attached hydrogen (secondary N) is 1. The molecular weight excluding hydrogens is 348 g/mol. The smallest absolute Gasteiger partial charge is 0.227 e. The first-order valence-corrected chi connectivity index (χ1v) is 8.96. The van der Waals surface area contributed by atoms with Crippen molar-refractivity contribution in [1.82, 2.24) is 0 Å². The molecule has 0 saturated heterocycles. The summed E-state index contributed by atoms with van der Waals surface area (Å²) in [7, 11) is 0. The van der Waals surface area contributed by atoms with Crippen molar-refractivity contribution in [3.8, 4) is 5.75 Å². The third-order valence-corrected chi connectivity index (χ3v) is 5.14. The molecule has 0 aromatic heterocycles. The van der Waals surface area contributed by atoms with E-state index in [1.165, 1.54) is 0 Å². The van der Waals surface area contributed by atoms with Crippen molar-refractivity contribution in [2.75, 3.05) is 11.9 Å². The van der Waals surface area contributed by atoms with Crippen LogP contribution in [-0.2, 0) is 11.4 Å². The van der Waals surface area contributed by atoms with Crippen LogP contribution < -0.4 is 15.8 Å². The molecule has 2 aromatic rings. The van der Waals surface area contributed by atoms with E-state index in [9.17, 15) is 4.79 Å². The van der Waals surface area contributed by atoms with E-state index in [2.05, 4.69) is 5.32 Å². The molecule has 140 valence electrons. The van der Waals surface area contributed by atoms with E-state index in [1.54, 1.807) is 0 Å². The van der Waals surface area contributed by atoms with Gasteiger partial charge in [0, 0.05) is 11.6 Å². The summed E-state index contributed by atoms with van der Waals surface area (Å²) in [5.41, 5.74) is 8.79. The van der Waals surface area contributed by atoms with E-state index in [0.717, 1.165) is 41.8 Å². The summed E-state index contributed by atoms with van der Waals surface area (Å²) in [6.45, 7) is 3.09. The topological polar surface area (TPSA) is 64.3 Å². The number of anilines is 1. The first-order chi connectivity index (χ1) is 12.2. The molecule has 0 spiro atoms. The van der Waals surface area contributed by atoms with E-state index < -0.39 is 0 Å². The lowest BCUT2D eigenvalue weighted by Gasteiger charge is -2.19. The Morgan fingerprint density at radius 2 is 1.92 bits per heavy atom. The minimum absolute atomic E-state index is 0. The zero-order valence-corrected chi connectivity index (χ0v) is 15.9. The van der Waals surface area contributed by atoms with Crippen LogP contribution in [0.1, 0.15) is 30.4 Å². The third-order valence-electron chi connectivity index (χ3n) is 5.14. The Hall–Kier alpha value is -2.04. The zero-order chi connectivity index (χ0) is 17.6. The van der Waals surface area contributed by atoms with Gasteiger partial charge in [-0.3, -0.25) is 4.79 Å². The first-order valence-electron chi connectivity index (χ1n) is 8.96. The van der Waals surface area contributed by atoms with Crippen LogP contribution in [0.5, 0.6) is 5.75 Å². The van der Waals surface area contributed by atoms with Crippen LogP contribution >= 0.6 is 12.4 Å². The van der Waals surface area contributed by atoms with Gasteiger partial charge in [0.25, 0.3) is 0 Å². The van der Waals surface area contributed by atoms with Gasteiger partial charge < -0.3 is 15.8 Å². The van der Waals surface area contributed by atoms with Gasteiger partial charge in [-0.1, -0.05) is 36.8 Å². The van der Waals surface area contributed by atoms with Crippen LogP contribution in [0.4, 0.5) is 5.69 Å². The molecule has 26 heavy (non-hydrogen) atoms. The lowest BCUT2D eigenvalue weighted by Crippen LogP contribution is -2.30. The Kier molecular flexibility index (Phi) is 7.49. The molecule has 3 N–H and O–H groups in total. The Bertz CT molecular complexity index is 721. The minimum Gasteiger partial charge on any atom is -0.489 e. The number of rotatable bonds is 6. The number of nitrogens with two attached hydrogens (primary N) is 1. The number of carbonyl (C=O) groups excluding carboxylic acids is 1. The van der Waals surface area contributed by atoms with Crippen molar-refractivity contribution in [2.24, 2.45) is 17.6 Å². The molecule has 3 rings (SSSR count). The maximum Gasteiger partial charge on any atom is 0.227 e. The predicted octanol–water partition coefficient (Wildman–Crippen LogP) is 4.31. The lowest BCUT2D eigenvalue weighted by molar-refractivity contribution is -0.120. The molecule has 0 aliphatic heterocycles. The lowest BCUT2D eigenvalue weighted by atomic mass is 9.95. The van der Waals surface area contributed by atoms with Crippen LogP contribution in [0.15, 0.2) is 48.5 Å². The summed E-state index contributed by atoms with van der Waals surface area (Å²) < 4.78 is 5.84. The zero-order valence-electron chi connectivity index (χ0n) is 15.1. The average Bonchev–Trinajstić information content (AvgIpc) is 3.12. The summed E-state index contributed by atoms with van der Waals surface area (Å²) in [5, 5.41) is 3.10. The molecule has 1 saturated carbocycles. The molecule has 1 fully saturated rings. The Balaban J connectivity index is 0.00000243. The summed E-state index contributed by atoms with van der Waals surface area (Å²) in [5.74, 6) is 1.28. The second-order valence-corrected chi connectivity index (χ2v) is 6.71. The number of para-hydroxylation sites is 1. The van der Waals surface area contributed by atoms with E-state index in [0.29, 0.717) is 19.1 Å². The molecule has 2 atom stereocenters. The van der Waals surface area contributed by atoms with Crippen molar-refractivity contribution in [1.29, 1.82) is 0 Å². The van der Waals surface area contributed by atoms with Gasteiger partial charge in [-0.05, 0) is 61.6 Å². The SMILES string of the molecule is Cc1c(COc2ccccc2)cccc1NC(=O)[C@@H]1CCC[C@@H]1CN.Cl. The summed E-state index contributed by atoms with van der Waals surface area (Å²) in [4.78, 5) is 12.6. The summed E-state index contributed by atoms with van der Waals surface area (Å²) in [6, 6.07) is 15.7. The minimum atomic E-state index is 0. The molecule has 2 aromatic carbocycles. The molecule has 4 nitrogen and oxygen atoms in total. The van der Waals surface area contributed by atoms with Crippen molar-refractivity contribution < 1.29 is 9.53 Å². The predicted molar refractivity (Wildman–Crippen MR) is 108 cm³/mol. The number of halogens is 1. The molecule has 1 aliphatic rings. The second-order valence-electron chi connectivity index (χ2n) is 6.71. The molecule has 0 bridgehead atoms. The first kappa shape index (κ1) is 20.3. The van der Waals surface area contributed by atoms with E-state index in [1.807, 2.05) is 55.5 Å². The van der Waals surface area contributed by atoms with Crippen molar-refractivity contribution in [3.05, 3.63) is 59.7 Å². The third kappa shape index (κ3) is 4.77. The van der Waals surface area contributed by atoms with Crippen LogP contribution in [-0.4, -0.2) is 12.5 Å². The number of amides is 1. The van der Waals surface area contributed by atoms with Crippen LogP contribution in [0, 0.1) is 18.8 Å². The fraction of sp³-hybridized carbons (Fsp3) is 0.381. The maximum atomic E-state index is 12.6. The molecule has 0 unspecified atom stereocenters. The number of carbonyl (C=O) groups is 1. The van der Waals surface area contributed by atoms with Gasteiger partial charge in [0.2, 0.25) is 5.91 Å². The molecule has 0 radical (unpaired) electrons. The van der Waals surface area contributed by atoms with Gasteiger partial charge in [-0.15, -0.1) is 12.4 Å². The Morgan fingerprint density at radius 1 is 1.15 bits per heavy atom. The fourth-order valence-electron chi connectivity index (χ4n) is 3.54. The van der Waals surface area contributed by atoms with Gasteiger partial charge in [0.05, 0.1) is 0 Å².